The molecule has 0 amide bonds. The minimum atomic E-state index is -1.05. The van der Waals surface area contributed by atoms with Gasteiger partial charge in [0, 0.05) is 6.07 Å². The first-order chi connectivity index (χ1) is 13.0. The van der Waals surface area contributed by atoms with Crippen molar-refractivity contribution < 1.29 is 29.3 Å². The number of hydrogen-bond donors (Lipinski definition) is 2. The molecule has 2 N–H and O–H groups in total. The zero-order valence-electron chi connectivity index (χ0n) is 14.6. The normalized spacial score (nSPS) is 10.5. The standard InChI is InChI=1S/C21H20O6/c1-2-12-26-19-13-18(27-14-20(22)23)11-10-16(19)5-3-4-15-6-8-17(9-7-15)21(24)25/h2-4,6-11,13H,1,5,12,14H2,(H,22,23)(H,24,25). The lowest BCUT2D eigenvalue weighted by molar-refractivity contribution is -0.139. The molecule has 0 saturated carbocycles. The summed E-state index contributed by atoms with van der Waals surface area (Å²) in [5, 5.41) is 17.6. The molecule has 2 aromatic rings. The van der Waals surface area contributed by atoms with Crippen molar-refractivity contribution in [1.29, 1.82) is 0 Å². The molecule has 6 heteroatoms. The third-order valence-corrected chi connectivity index (χ3v) is 3.56. The Hall–Kier alpha value is -3.54. The Labute approximate surface area is 157 Å². The maximum Gasteiger partial charge on any atom is 0.341 e. The molecule has 0 spiro atoms. The van der Waals surface area contributed by atoms with Gasteiger partial charge < -0.3 is 19.7 Å². The van der Waals surface area contributed by atoms with Gasteiger partial charge in [-0.25, -0.2) is 9.59 Å². The van der Waals surface area contributed by atoms with Crippen molar-refractivity contribution in [2.75, 3.05) is 13.2 Å². The van der Waals surface area contributed by atoms with E-state index in [2.05, 4.69) is 6.58 Å². The second-order valence-corrected chi connectivity index (χ2v) is 5.59. The highest BCUT2D eigenvalue weighted by molar-refractivity contribution is 5.87. The Morgan fingerprint density at radius 1 is 1.04 bits per heavy atom. The van der Waals surface area contributed by atoms with Crippen LogP contribution in [0.1, 0.15) is 21.5 Å². The van der Waals surface area contributed by atoms with E-state index in [0.29, 0.717) is 24.5 Å². The summed E-state index contributed by atoms with van der Waals surface area (Å²) < 4.78 is 10.8. The summed E-state index contributed by atoms with van der Waals surface area (Å²) in [6, 6.07) is 11.7. The maximum atomic E-state index is 10.9. The summed E-state index contributed by atoms with van der Waals surface area (Å²) in [6.45, 7) is 3.51. The van der Waals surface area contributed by atoms with Crippen LogP contribution < -0.4 is 9.47 Å². The van der Waals surface area contributed by atoms with Crippen LogP contribution in [-0.4, -0.2) is 35.4 Å². The van der Waals surface area contributed by atoms with E-state index < -0.39 is 18.5 Å². The molecule has 0 bridgehead atoms. The fraction of sp³-hybridized carbons (Fsp3) is 0.143. The van der Waals surface area contributed by atoms with Crippen molar-refractivity contribution in [2.24, 2.45) is 0 Å². The molecule has 0 radical (unpaired) electrons. The molecule has 0 heterocycles. The molecule has 140 valence electrons. The van der Waals surface area contributed by atoms with Crippen molar-refractivity contribution in [1.82, 2.24) is 0 Å². The molecule has 0 unspecified atom stereocenters. The predicted molar refractivity (Wildman–Crippen MR) is 101 cm³/mol. The minimum absolute atomic E-state index is 0.240. The summed E-state index contributed by atoms with van der Waals surface area (Å²) in [6.07, 6.45) is 6.02. The lowest BCUT2D eigenvalue weighted by Crippen LogP contribution is -2.09. The van der Waals surface area contributed by atoms with Gasteiger partial charge in [-0.15, -0.1) is 0 Å². The van der Waals surface area contributed by atoms with E-state index in [0.717, 1.165) is 11.1 Å². The zero-order valence-corrected chi connectivity index (χ0v) is 14.6. The number of allylic oxidation sites excluding steroid dienone is 1. The molecule has 6 nitrogen and oxygen atoms in total. The van der Waals surface area contributed by atoms with Gasteiger partial charge in [0.15, 0.2) is 6.61 Å². The largest absolute Gasteiger partial charge is 0.489 e. The van der Waals surface area contributed by atoms with E-state index in [1.807, 2.05) is 18.2 Å². The fourth-order valence-electron chi connectivity index (χ4n) is 2.28. The summed E-state index contributed by atoms with van der Waals surface area (Å²) in [4.78, 5) is 21.5. The van der Waals surface area contributed by atoms with E-state index in [1.165, 1.54) is 0 Å². The number of ether oxygens (including phenoxy) is 2. The fourth-order valence-corrected chi connectivity index (χ4v) is 2.28. The number of benzene rings is 2. The number of aliphatic carboxylic acids is 1. The predicted octanol–water partition coefficient (Wildman–Crippen LogP) is 3.67. The second-order valence-electron chi connectivity index (χ2n) is 5.59. The first kappa shape index (κ1) is 19.8. The molecular weight excluding hydrogens is 348 g/mol. The number of hydrogen-bond acceptors (Lipinski definition) is 4. The van der Waals surface area contributed by atoms with Crippen LogP contribution in [0.4, 0.5) is 0 Å². The Morgan fingerprint density at radius 2 is 1.78 bits per heavy atom. The quantitative estimate of drug-likeness (QED) is 0.622. The number of carboxylic acid groups (broad SMARTS) is 2. The average Bonchev–Trinajstić information content (AvgIpc) is 2.66. The van der Waals surface area contributed by atoms with Crippen molar-refractivity contribution in [3.8, 4) is 11.5 Å². The number of carboxylic acids is 2. The molecule has 0 aromatic heterocycles. The Balaban J connectivity index is 2.09. The van der Waals surface area contributed by atoms with Gasteiger partial charge >= 0.3 is 11.9 Å². The van der Waals surface area contributed by atoms with Crippen LogP contribution in [0.5, 0.6) is 11.5 Å². The minimum Gasteiger partial charge on any atom is -0.489 e. The van der Waals surface area contributed by atoms with Crippen molar-refractivity contribution >= 4 is 18.0 Å². The maximum absolute atomic E-state index is 10.9. The smallest absolute Gasteiger partial charge is 0.341 e. The Kier molecular flexibility index (Phi) is 7.19. The summed E-state index contributed by atoms with van der Waals surface area (Å²) in [5.41, 5.74) is 2.03. The topological polar surface area (TPSA) is 93.1 Å². The van der Waals surface area contributed by atoms with Gasteiger partial charge in [-0.1, -0.05) is 43.0 Å². The first-order valence-electron chi connectivity index (χ1n) is 8.20. The van der Waals surface area contributed by atoms with E-state index in [9.17, 15) is 9.59 Å². The SMILES string of the molecule is C=CCOc1cc(OCC(=O)O)ccc1CC=Cc1ccc(C(=O)O)cc1. The van der Waals surface area contributed by atoms with Crippen LogP contribution in [0.25, 0.3) is 6.08 Å². The molecule has 0 aliphatic rings. The number of aromatic carboxylic acids is 1. The summed E-state index contributed by atoms with van der Waals surface area (Å²) in [7, 11) is 0. The van der Waals surface area contributed by atoms with E-state index in [4.69, 9.17) is 19.7 Å². The van der Waals surface area contributed by atoms with Crippen LogP contribution in [0.3, 0.4) is 0 Å². The van der Waals surface area contributed by atoms with Gasteiger partial charge in [0.2, 0.25) is 0 Å². The van der Waals surface area contributed by atoms with Crippen LogP contribution in [-0.2, 0) is 11.2 Å². The highest BCUT2D eigenvalue weighted by Crippen LogP contribution is 2.26. The molecule has 27 heavy (non-hydrogen) atoms. The van der Waals surface area contributed by atoms with Gasteiger partial charge in [-0.05, 0) is 35.7 Å². The zero-order chi connectivity index (χ0) is 19.6. The average molecular weight is 368 g/mol. The molecule has 2 aromatic carbocycles. The van der Waals surface area contributed by atoms with Crippen molar-refractivity contribution in [3.05, 3.63) is 77.9 Å². The van der Waals surface area contributed by atoms with Crippen LogP contribution in [0.2, 0.25) is 0 Å². The van der Waals surface area contributed by atoms with Crippen LogP contribution in [0, 0.1) is 0 Å². The monoisotopic (exact) mass is 368 g/mol. The van der Waals surface area contributed by atoms with Crippen LogP contribution in [0.15, 0.2) is 61.2 Å². The molecule has 0 aliphatic carbocycles. The number of carbonyl (C=O) groups is 2. The van der Waals surface area contributed by atoms with Gasteiger partial charge in [0.05, 0.1) is 5.56 Å². The molecule has 2 rings (SSSR count). The third-order valence-electron chi connectivity index (χ3n) is 3.56. The van der Waals surface area contributed by atoms with E-state index in [-0.39, 0.29) is 5.56 Å². The number of rotatable bonds is 10. The van der Waals surface area contributed by atoms with Gasteiger partial charge in [-0.3, -0.25) is 0 Å². The Morgan fingerprint density at radius 3 is 2.41 bits per heavy atom. The van der Waals surface area contributed by atoms with Gasteiger partial charge in [-0.2, -0.15) is 0 Å². The molecule has 0 fully saturated rings. The highest BCUT2D eigenvalue weighted by atomic mass is 16.5. The van der Waals surface area contributed by atoms with Crippen molar-refractivity contribution in [2.45, 2.75) is 6.42 Å². The van der Waals surface area contributed by atoms with Crippen molar-refractivity contribution in [3.63, 3.8) is 0 Å². The summed E-state index contributed by atoms with van der Waals surface area (Å²) in [5.74, 6) is -1.01. The van der Waals surface area contributed by atoms with E-state index in [1.54, 1.807) is 42.5 Å². The first-order valence-corrected chi connectivity index (χ1v) is 8.20. The second kappa shape index (κ2) is 9.82. The van der Waals surface area contributed by atoms with Gasteiger partial charge in [0.1, 0.15) is 18.1 Å². The molecule has 0 aliphatic heterocycles. The Bertz CT molecular complexity index is 836. The third kappa shape index (κ3) is 6.36. The molecular formula is C21H20O6. The highest BCUT2D eigenvalue weighted by Gasteiger charge is 2.07. The van der Waals surface area contributed by atoms with E-state index >= 15 is 0 Å². The van der Waals surface area contributed by atoms with Gasteiger partial charge in [0.25, 0.3) is 0 Å². The summed E-state index contributed by atoms with van der Waals surface area (Å²) >= 11 is 0. The lowest BCUT2D eigenvalue weighted by Gasteiger charge is -2.11. The lowest BCUT2D eigenvalue weighted by atomic mass is 10.1. The molecule has 0 saturated heterocycles. The van der Waals surface area contributed by atoms with Crippen LogP contribution >= 0.6 is 0 Å². The molecule has 0 atom stereocenters.